The van der Waals surface area contributed by atoms with Crippen LogP contribution in [0.15, 0.2) is 6.20 Å². The maximum absolute atomic E-state index is 8.70. The minimum Gasteiger partial charge on any atom is -0.390 e. The fourth-order valence-corrected chi connectivity index (χ4v) is 1.31. The number of aliphatic hydroxyl groups excluding tert-OH is 1. The van der Waals surface area contributed by atoms with E-state index >= 15 is 0 Å². The van der Waals surface area contributed by atoms with Gasteiger partial charge in [-0.3, -0.25) is 4.68 Å². The summed E-state index contributed by atoms with van der Waals surface area (Å²) < 4.78 is 1.77. The first-order valence-corrected chi connectivity index (χ1v) is 5.25. The zero-order chi connectivity index (χ0) is 8.81. The zero-order valence-electron chi connectivity index (χ0n) is 7.10. The Morgan fingerprint density at radius 1 is 1.67 bits per heavy atom. The maximum Gasteiger partial charge on any atom is 0.108 e. The van der Waals surface area contributed by atoms with E-state index in [2.05, 4.69) is 16.6 Å². The van der Waals surface area contributed by atoms with Gasteiger partial charge in [-0.15, -0.1) is 5.10 Å². The van der Waals surface area contributed by atoms with E-state index in [0.717, 1.165) is 18.7 Å². The molecule has 0 aliphatic rings. The largest absolute Gasteiger partial charge is 0.390 e. The minimum absolute atomic E-state index is 0.0253. The molecule has 1 aromatic rings. The molecule has 0 unspecified atom stereocenters. The molecule has 0 aromatic carbocycles. The van der Waals surface area contributed by atoms with Crippen LogP contribution >= 0.6 is 11.8 Å². The van der Waals surface area contributed by atoms with Gasteiger partial charge in [-0.25, -0.2) is 0 Å². The number of aliphatic hydroxyl groups is 1. The monoisotopic (exact) mass is 187 g/mol. The minimum atomic E-state index is -0.0253. The van der Waals surface area contributed by atoms with Crippen molar-refractivity contribution in [2.24, 2.45) is 0 Å². The summed E-state index contributed by atoms with van der Waals surface area (Å²) in [5, 5.41) is 16.3. The molecular formula is C7H13N3OS. The fourth-order valence-electron chi connectivity index (χ4n) is 0.891. The van der Waals surface area contributed by atoms with Crippen LogP contribution in [0.5, 0.6) is 0 Å². The Hall–Kier alpha value is -0.550. The molecule has 0 bridgehead atoms. The molecule has 12 heavy (non-hydrogen) atoms. The zero-order valence-corrected chi connectivity index (χ0v) is 7.92. The molecule has 0 amide bonds. The van der Waals surface area contributed by atoms with Gasteiger partial charge in [0.1, 0.15) is 5.69 Å². The molecule has 1 rings (SSSR count). The van der Waals surface area contributed by atoms with Gasteiger partial charge in [-0.2, -0.15) is 11.8 Å². The quantitative estimate of drug-likeness (QED) is 0.683. The molecule has 1 N–H and O–H groups in total. The van der Waals surface area contributed by atoms with E-state index in [9.17, 15) is 0 Å². The van der Waals surface area contributed by atoms with Crippen LogP contribution in [-0.4, -0.2) is 32.1 Å². The van der Waals surface area contributed by atoms with E-state index in [4.69, 9.17) is 5.11 Å². The van der Waals surface area contributed by atoms with E-state index in [-0.39, 0.29) is 6.61 Å². The predicted octanol–water partition coefficient (Wildman–Crippen LogP) is 0.523. The van der Waals surface area contributed by atoms with Crippen LogP contribution < -0.4 is 0 Å². The molecule has 0 aliphatic heterocycles. The smallest absolute Gasteiger partial charge is 0.108 e. The number of nitrogens with zero attached hydrogens (tertiary/aromatic N) is 3. The summed E-state index contributed by atoms with van der Waals surface area (Å²) in [6.45, 7) is 0.858. The van der Waals surface area contributed by atoms with Crippen LogP contribution in [0.3, 0.4) is 0 Å². The van der Waals surface area contributed by atoms with Crippen LogP contribution in [0.4, 0.5) is 0 Å². The van der Waals surface area contributed by atoms with Crippen molar-refractivity contribution in [2.75, 3.05) is 12.0 Å². The third kappa shape index (κ3) is 2.83. The maximum atomic E-state index is 8.70. The van der Waals surface area contributed by atoms with E-state index in [1.165, 1.54) is 0 Å². The second-order valence-corrected chi connectivity index (χ2v) is 3.46. The Labute approximate surface area is 76.0 Å². The average molecular weight is 187 g/mol. The second kappa shape index (κ2) is 5.16. The molecule has 4 nitrogen and oxygen atoms in total. The predicted molar refractivity (Wildman–Crippen MR) is 48.9 cm³/mol. The molecule has 0 fully saturated rings. The van der Waals surface area contributed by atoms with Crippen molar-refractivity contribution < 1.29 is 5.11 Å². The summed E-state index contributed by atoms with van der Waals surface area (Å²) in [5.74, 6) is 1.13. The third-order valence-electron chi connectivity index (χ3n) is 1.48. The van der Waals surface area contributed by atoms with Crippen LogP contribution in [0, 0.1) is 0 Å². The van der Waals surface area contributed by atoms with Crippen molar-refractivity contribution in [3.63, 3.8) is 0 Å². The van der Waals surface area contributed by atoms with Crippen LogP contribution in [0.1, 0.15) is 12.1 Å². The fraction of sp³-hybridized carbons (Fsp3) is 0.714. The summed E-state index contributed by atoms with van der Waals surface area (Å²) in [6, 6.07) is 0. The molecule has 68 valence electrons. The summed E-state index contributed by atoms with van der Waals surface area (Å²) in [4.78, 5) is 0. The number of hydrogen-bond acceptors (Lipinski definition) is 4. The highest BCUT2D eigenvalue weighted by Gasteiger charge is 1.97. The molecule has 0 saturated heterocycles. The molecule has 0 saturated carbocycles. The lowest BCUT2D eigenvalue weighted by molar-refractivity contribution is 0.276. The highest BCUT2D eigenvalue weighted by Crippen LogP contribution is 1.98. The summed E-state index contributed by atoms with van der Waals surface area (Å²) >= 11 is 1.82. The van der Waals surface area contributed by atoms with E-state index in [0.29, 0.717) is 5.69 Å². The van der Waals surface area contributed by atoms with Gasteiger partial charge in [-0.1, -0.05) is 5.21 Å². The van der Waals surface area contributed by atoms with Crippen molar-refractivity contribution in [2.45, 2.75) is 19.6 Å². The lowest BCUT2D eigenvalue weighted by atomic mass is 10.5. The van der Waals surface area contributed by atoms with Crippen LogP contribution in [-0.2, 0) is 13.2 Å². The first-order chi connectivity index (χ1) is 5.86. The summed E-state index contributed by atoms with van der Waals surface area (Å²) in [7, 11) is 0. The first-order valence-electron chi connectivity index (χ1n) is 3.85. The molecule has 0 aliphatic carbocycles. The Kier molecular flexibility index (Phi) is 4.10. The Morgan fingerprint density at radius 3 is 3.08 bits per heavy atom. The number of hydrogen-bond donors (Lipinski definition) is 1. The Morgan fingerprint density at radius 2 is 2.50 bits per heavy atom. The van der Waals surface area contributed by atoms with Gasteiger partial charge in [0.2, 0.25) is 0 Å². The van der Waals surface area contributed by atoms with E-state index < -0.39 is 0 Å². The van der Waals surface area contributed by atoms with Crippen molar-refractivity contribution in [3.8, 4) is 0 Å². The average Bonchev–Trinajstić information content (AvgIpc) is 2.53. The topological polar surface area (TPSA) is 50.9 Å². The number of rotatable bonds is 5. The van der Waals surface area contributed by atoms with Gasteiger partial charge in [0.15, 0.2) is 0 Å². The van der Waals surface area contributed by atoms with Crippen molar-refractivity contribution in [1.29, 1.82) is 0 Å². The molecule has 5 heteroatoms. The summed E-state index contributed by atoms with van der Waals surface area (Å²) in [6.07, 6.45) is 4.95. The normalized spacial score (nSPS) is 10.5. The van der Waals surface area contributed by atoms with Gasteiger partial charge in [0.25, 0.3) is 0 Å². The molecule has 0 radical (unpaired) electrons. The van der Waals surface area contributed by atoms with Crippen molar-refractivity contribution >= 4 is 11.8 Å². The van der Waals surface area contributed by atoms with Gasteiger partial charge >= 0.3 is 0 Å². The van der Waals surface area contributed by atoms with E-state index in [1.807, 2.05) is 11.8 Å². The molecule has 1 heterocycles. The molecule has 0 spiro atoms. The van der Waals surface area contributed by atoms with Crippen LogP contribution in [0.25, 0.3) is 0 Å². The SMILES string of the molecule is CSCCCn1cc(CO)nn1. The third-order valence-corrected chi connectivity index (χ3v) is 2.18. The van der Waals surface area contributed by atoms with E-state index in [1.54, 1.807) is 10.9 Å². The summed E-state index contributed by atoms with van der Waals surface area (Å²) in [5.41, 5.74) is 0.638. The highest BCUT2D eigenvalue weighted by molar-refractivity contribution is 7.98. The molecular weight excluding hydrogens is 174 g/mol. The van der Waals surface area contributed by atoms with Gasteiger partial charge in [0.05, 0.1) is 12.8 Å². The second-order valence-electron chi connectivity index (χ2n) is 2.48. The Bertz CT molecular complexity index is 226. The Balaban J connectivity index is 2.31. The molecule has 0 atom stereocenters. The van der Waals surface area contributed by atoms with Gasteiger partial charge < -0.3 is 5.11 Å². The highest BCUT2D eigenvalue weighted by atomic mass is 32.2. The van der Waals surface area contributed by atoms with Crippen LogP contribution in [0.2, 0.25) is 0 Å². The van der Waals surface area contributed by atoms with Crippen molar-refractivity contribution in [1.82, 2.24) is 15.0 Å². The van der Waals surface area contributed by atoms with Gasteiger partial charge in [0, 0.05) is 6.54 Å². The first kappa shape index (κ1) is 9.54. The number of aryl methyl sites for hydroxylation is 1. The molecule has 1 aromatic heterocycles. The van der Waals surface area contributed by atoms with Crippen molar-refractivity contribution in [3.05, 3.63) is 11.9 Å². The lowest BCUT2D eigenvalue weighted by Crippen LogP contribution is -1.99. The number of aromatic nitrogens is 3. The van der Waals surface area contributed by atoms with Gasteiger partial charge in [-0.05, 0) is 18.4 Å². The number of thioether (sulfide) groups is 1. The standard InChI is InChI=1S/C7H13N3OS/c1-12-4-2-3-10-5-7(6-11)8-9-10/h5,11H,2-4,6H2,1H3. The lowest BCUT2D eigenvalue weighted by Gasteiger charge is -1.96.